The molecule has 4 nitrogen and oxygen atoms in total. The summed E-state index contributed by atoms with van der Waals surface area (Å²) in [5, 5.41) is 10.2. The van der Waals surface area contributed by atoms with Gasteiger partial charge < -0.3 is 9.84 Å². The number of hydrogen-bond acceptors (Lipinski definition) is 4. The van der Waals surface area contributed by atoms with Gasteiger partial charge in [-0.1, -0.05) is 42.9 Å². The minimum Gasteiger partial charge on any atom is -0.469 e. The fourth-order valence-corrected chi connectivity index (χ4v) is 3.20. The number of aliphatic hydroxyl groups is 1. The number of ether oxygens (including phenoxy) is 1. The molecule has 0 aromatic carbocycles. The number of carbonyl (C=O) groups excluding carboxylic acids is 2. The predicted molar refractivity (Wildman–Crippen MR) is 96.5 cm³/mol. The third-order valence-corrected chi connectivity index (χ3v) is 4.74. The highest BCUT2D eigenvalue weighted by Crippen LogP contribution is 2.29. The number of methoxy groups -OCH3 is 1. The van der Waals surface area contributed by atoms with Crippen LogP contribution in [0.3, 0.4) is 0 Å². The molecule has 0 saturated heterocycles. The molecular weight excluding hydrogens is 316 g/mol. The van der Waals surface area contributed by atoms with E-state index < -0.39 is 6.10 Å². The van der Waals surface area contributed by atoms with Crippen molar-refractivity contribution in [2.24, 2.45) is 11.8 Å². The Bertz CT molecular complexity index is 624. The van der Waals surface area contributed by atoms with Gasteiger partial charge in [0.2, 0.25) is 0 Å². The summed E-state index contributed by atoms with van der Waals surface area (Å²) in [5.41, 5.74) is 0.635. The maximum atomic E-state index is 12.0. The highest BCUT2D eigenvalue weighted by Gasteiger charge is 2.23. The Morgan fingerprint density at radius 3 is 2.92 bits per heavy atom. The molecule has 0 radical (unpaired) electrons. The molecule has 4 heteroatoms. The second-order valence-electron chi connectivity index (χ2n) is 6.52. The molecule has 2 atom stereocenters. The lowest BCUT2D eigenvalue weighted by Gasteiger charge is -2.14. The molecule has 1 saturated carbocycles. The van der Waals surface area contributed by atoms with Crippen molar-refractivity contribution in [3.05, 3.63) is 36.0 Å². The first-order valence-corrected chi connectivity index (χ1v) is 8.96. The molecule has 2 aliphatic carbocycles. The zero-order valence-electron chi connectivity index (χ0n) is 14.7. The van der Waals surface area contributed by atoms with Crippen LogP contribution >= 0.6 is 0 Å². The molecule has 2 aliphatic rings. The maximum Gasteiger partial charge on any atom is 0.305 e. The number of hydrogen-bond donors (Lipinski definition) is 1. The molecule has 0 spiro atoms. The molecule has 0 amide bonds. The Kier molecular flexibility index (Phi) is 7.69. The molecule has 0 aliphatic heterocycles. The highest BCUT2D eigenvalue weighted by molar-refractivity contribution is 6.07. The summed E-state index contributed by atoms with van der Waals surface area (Å²) in [5.74, 6) is 5.82. The van der Waals surface area contributed by atoms with Crippen molar-refractivity contribution in [3.8, 4) is 11.8 Å². The fraction of sp³-hybridized carbons (Fsp3) is 0.524. The topological polar surface area (TPSA) is 63.6 Å². The maximum absolute atomic E-state index is 12.0. The Balaban J connectivity index is 1.87. The number of unbranched alkanes of at least 4 members (excludes halogenated alkanes) is 1. The van der Waals surface area contributed by atoms with Crippen molar-refractivity contribution in [1.82, 2.24) is 0 Å². The summed E-state index contributed by atoms with van der Waals surface area (Å²) >= 11 is 0. The van der Waals surface area contributed by atoms with Gasteiger partial charge in [-0.25, -0.2) is 0 Å². The second kappa shape index (κ2) is 10.0. The van der Waals surface area contributed by atoms with Gasteiger partial charge >= 0.3 is 5.97 Å². The van der Waals surface area contributed by atoms with Gasteiger partial charge in [-0.3, -0.25) is 9.59 Å². The highest BCUT2D eigenvalue weighted by atomic mass is 16.5. The summed E-state index contributed by atoms with van der Waals surface area (Å²) < 4.78 is 4.57. The zero-order valence-corrected chi connectivity index (χ0v) is 14.7. The zero-order chi connectivity index (χ0) is 18.1. The van der Waals surface area contributed by atoms with E-state index in [2.05, 4.69) is 16.6 Å². The summed E-state index contributed by atoms with van der Waals surface area (Å²) in [6, 6.07) is 0. The minimum atomic E-state index is -0.433. The smallest absolute Gasteiger partial charge is 0.305 e. The first-order valence-electron chi connectivity index (χ1n) is 8.96. The molecule has 0 aromatic rings. The van der Waals surface area contributed by atoms with E-state index in [1.54, 1.807) is 12.2 Å². The number of ketones is 1. The van der Waals surface area contributed by atoms with Crippen molar-refractivity contribution in [1.29, 1.82) is 0 Å². The van der Waals surface area contributed by atoms with E-state index >= 15 is 0 Å². The molecule has 2 rings (SSSR count). The second-order valence-corrected chi connectivity index (χ2v) is 6.52. The van der Waals surface area contributed by atoms with Gasteiger partial charge in [-0.15, -0.1) is 0 Å². The van der Waals surface area contributed by atoms with Crippen LogP contribution in [0.5, 0.6) is 0 Å². The predicted octanol–water partition coefficient (Wildman–Crippen LogP) is 3.12. The van der Waals surface area contributed by atoms with Crippen molar-refractivity contribution in [3.63, 3.8) is 0 Å². The lowest BCUT2D eigenvalue weighted by Crippen LogP contribution is -2.14. The van der Waals surface area contributed by atoms with Gasteiger partial charge in [0.15, 0.2) is 5.78 Å². The Labute approximate surface area is 149 Å². The van der Waals surface area contributed by atoms with Crippen LogP contribution in [0.1, 0.15) is 44.9 Å². The quantitative estimate of drug-likeness (QED) is 0.265. The van der Waals surface area contributed by atoms with Gasteiger partial charge in [-0.2, -0.15) is 0 Å². The largest absolute Gasteiger partial charge is 0.469 e. The Morgan fingerprint density at radius 2 is 2.20 bits per heavy atom. The minimum absolute atomic E-state index is 0.0335. The number of aliphatic hydroxyl groups excluding tert-OH is 1. The molecule has 1 fully saturated rings. The standard InChI is InChI=1S/C21H26O4/c1-25-21(24)11-5-3-2-4-10-18-16(13-15-20(18)23)12-14-19(22)17-8-6-7-9-17/h10,12-17,19,22H,3,5-9,11H2,1H3/b14-12+,18-10-. The molecular formula is C21H26O4. The summed E-state index contributed by atoms with van der Waals surface area (Å²) in [6.07, 6.45) is 14.4. The van der Waals surface area contributed by atoms with Crippen molar-refractivity contribution in [2.45, 2.75) is 51.0 Å². The Hall–Kier alpha value is -2.12. The third-order valence-electron chi connectivity index (χ3n) is 4.74. The van der Waals surface area contributed by atoms with Gasteiger partial charge in [0.05, 0.1) is 13.2 Å². The van der Waals surface area contributed by atoms with Crippen LogP contribution in [-0.2, 0) is 14.3 Å². The van der Waals surface area contributed by atoms with Crippen molar-refractivity contribution < 1.29 is 19.4 Å². The number of esters is 1. The van der Waals surface area contributed by atoms with Crippen LogP contribution in [-0.4, -0.2) is 30.1 Å². The van der Waals surface area contributed by atoms with Gasteiger partial charge in [0.25, 0.3) is 0 Å². The van der Waals surface area contributed by atoms with E-state index in [0.29, 0.717) is 30.8 Å². The average Bonchev–Trinajstić information content (AvgIpc) is 3.26. The fourth-order valence-electron chi connectivity index (χ4n) is 3.20. The molecule has 25 heavy (non-hydrogen) atoms. The number of rotatable bonds is 6. The first-order chi connectivity index (χ1) is 12.1. The lowest BCUT2D eigenvalue weighted by molar-refractivity contribution is -0.140. The van der Waals surface area contributed by atoms with Gasteiger partial charge in [0.1, 0.15) is 0 Å². The van der Waals surface area contributed by atoms with Crippen LogP contribution in [0.4, 0.5) is 0 Å². The van der Waals surface area contributed by atoms with E-state index in [0.717, 1.165) is 12.8 Å². The first kappa shape index (κ1) is 19.2. The van der Waals surface area contributed by atoms with E-state index in [9.17, 15) is 14.7 Å². The van der Waals surface area contributed by atoms with Crippen LogP contribution in [0, 0.1) is 23.7 Å². The van der Waals surface area contributed by atoms with Crippen LogP contribution in [0.15, 0.2) is 36.0 Å². The van der Waals surface area contributed by atoms with Crippen LogP contribution in [0.2, 0.25) is 0 Å². The number of allylic oxidation sites excluding steroid dienone is 5. The molecule has 0 aromatic heterocycles. The molecule has 1 N–H and O–H groups in total. The molecule has 0 bridgehead atoms. The lowest BCUT2D eigenvalue weighted by atomic mass is 9.96. The Morgan fingerprint density at radius 1 is 1.44 bits per heavy atom. The normalized spacial score (nSPS) is 23.2. The summed E-state index contributed by atoms with van der Waals surface area (Å²) in [6.45, 7) is 0. The van der Waals surface area contributed by atoms with Crippen molar-refractivity contribution in [2.75, 3.05) is 7.11 Å². The van der Waals surface area contributed by atoms with Gasteiger partial charge in [-0.05, 0) is 37.3 Å². The summed E-state index contributed by atoms with van der Waals surface area (Å²) in [4.78, 5) is 23.0. The van der Waals surface area contributed by atoms with Crippen LogP contribution < -0.4 is 0 Å². The molecule has 134 valence electrons. The van der Waals surface area contributed by atoms with E-state index in [1.807, 2.05) is 18.2 Å². The van der Waals surface area contributed by atoms with E-state index in [-0.39, 0.29) is 17.7 Å². The average molecular weight is 342 g/mol. The van der Waals surface area contributed by atoms with E-state index in [1.165, 1.54) is 20.0 Å². The SMILES string of the molecule is COC(=O)CCCC#C/C=C1\C(=O)C=CC1/C=C/C(O)C1CCCC1. The van der Waals surface area contributed by atoms with Gasteiger partial charge in [0, 0.05) is 24.3 Å². The van der Waals surface area contributed by atoms with E-state index in [4.69, 9.17) is 0 Å². The van der Waals surface area contributed by atoms with Crippen LogP contribution in [0.25, 0.3) is 0 Å². The molecule has 0 heterocycles. The summed E-state index contributed by atoms with van der Waals surface area (Å²) in [7, 11) is 1.37. The third kappa shape index (κ3) is 6.03. The number of carbonyl (C=O) groups is 2. The molecule has 2 unspecified atom stereocenters. The monoisotopic (exact) mass is 342 g/mol. The van der Waals surface area contributed by atoms with Crippen molar-refractivity contribution >= 4 is 11.8 Å².